The molecule has 1 N–H and O–H groups in total. The predicted molar refractivity (Wildman–Crippen MR) is 126 cm³/mol. The third-order valence-corrected chi connectivity index (χ3v) is 8.67. The summed E-state index contributed by atoms with van der Waals surface area (Å²) < 4.78 is 5.88. The topological polar surface area (TPSA) is 63.6 Å². The van der Waals surface area contributed by atoms with Crippen molar-refractivity contribution in [1.82, 2.24) is 0 Å². The second kappa shape index (κ2) is 11.7. The van der Waals surface area contributed by atoms with E-state index in [0.29, 0.717) is 49.0 Å². The van der Waals surface area contributed by atoms with Crippen LogP contribution in [0.5, 0.6) is 0 Å². The van der Waals surface area contributed by atoms with Crippen LogP contribution in [0, 0.1) is 46.8 Å². The molecule has 31 heavy (non-hydrogen) atoms. The first kappa shape index (κ1) is 26.2. The van der Waals surface area contributed by atoms with Gasteiger partial charge in [0.1, 0.15) is 0 Å². The Hall–Kier alpha value is -1.06. The van der Waals surface area contributed by atoms with Gasteiger partial charge in [-0.05, 0) is 61.2 Å². The highest BCUT2D eigenvalue weighted by Crippen LogP contribution is 2.51. The summed E-state index contributed by atoms with van der Waals surface area (Å²) in [6, 6.07) is 0. The van der Waals surface area contributed by atoms with E-state index in [1.807, 2.05) is 0 Å². The number of unbranched alkanes of at least 4 members (excludes halogenated alkanes) is 4. The van der Waals surface area contributed by atoms with Crippen LogP contribution < -0.4 is 0 Å². The third-order valence-electron chi connectivity index (χ3n) is 8.67. The Kier molecular flexibility index (Phi) is 9.89. The molecule has 2 saturated carbocycles. The summed E-state index contributed by atoms with van der Waals surface area (Å²) >= 11 is 0. The van der Waals surface area contributed by atoms with Crippen LogP contribution in [0.1, 0.15) is 106 Å². The predicted octanol–water partition coefficient (Wildman–Crippen LogP) is 6.96. The number of carboxylic acid groups (broad SMARTS) is 1. The molecule has 2 rings (SSSR count). The zero-order valence-corrected chi connectivity index (χ0v) is 21.0. The number of rotatable bonds is 10. The van der Waals surface area contributed by atoms with Gasteiger partial charge in [-0.15, -0.1) is 0 Å². The van der Waals surface area contributed by atoms with Gasteiger partial charge in [0.25, 0.3) is 0 Å². The van der Waals surface area contributed by atoms with E-state index in [2.05, 4.69) is 41.5 Å². The molecule has 180 valence electrons. The van der Waals surface area contributed by atoms with Crippen LogP contribution in [-0.4, -0.2) is 23.7 Å². The second-order valence-electron chi connectivity index (χ2n) is 11.6. The lowest BCUT2D eigenvalue weighted by atomic mass is 9.56. The largest absolute Gasteiger partial charge is 0.481 e. The Morgan fingerprint density at radius 2 is 1.68 bits per heavy atom. The van der Waals surface area contributed by atoms with Crippen molar-refractivity contribution in [2.24, 2.45) is 46.8 Å². The molecule has 0 heterocycles. The van der Waals surface area contributed by atoms with Crippen molar-refractivity contribution in [2.75, 3.05) is 6.61 Å². The van der Waals surface area contributed by atoms with Gasteiger partial charge in [-0.25, -0.2) is 0 Å². The van der Waals surface area contributed by atoms with Crippen LogP contribution >= 0.6 is 0 Å². The fourth-order valence-electron chi connectivity index (χ4n) is 6.78. The molecule has 0 bridgehead atoms. The molecule has 0 radical (unpaired) electrons. The van der Waals surface area contributed by atoms with E-state index in [1.165, 1.54) is 38.5 Å². The zero-order chi connectivity index (χ0) is 23.2. The van der Waals surface area contributed by atoms with Gasteiger partial charge in [0.2, 0.25) is 0 Å². The van der Waals surface area contributed by atoms with Gasteiger partial charge in [0, 0.05) is 5.92 Å². The highest BCUT2D eigenvalue weighted by Gasteiger charge is 2.46. The molecule has 0 aromatic rings. The van der Waals surface area contributed by atoms with Crippen molar-refractivity contribution in [3.63, 3.8) is 0 Å². The SMILES string of the molecule is CCCCCCCC1C(C)CC(C)(C)C(COC(=O)C2CCC(C)CC2C(=O)O)C1C. The van der Waals surface area contributed by atoms with E-state index in [0.717, 1.165) is 12.8 Å². The molecule has 4 nitrogen and oxygen atoms in total. The molecular weight excluding hydrogens is 388 g/mol. The first-order chi connectivity index (χ1) is 14.6. The van der Waals surface area contributed by atoms with Crippen LogP contribution in [0.4, 0.5) is 0 Å². The molecule has 0 aromatic heterocycles. The van der Waals surface area contributed by atoms with E-state index in [9.17, 15) is 14.7 Å². The van der Waals surface area contributed by atoms with E-state index in [1.54, 1.807) is 0 Å². The number of esters is 1. The maximum absolute atomic E-state index is 12.9. The van der Waals surface area contributed by atoms with Crippen LogP contribution in [-0.2, 0) is 14.3 Å². The van der Waals surface area contributed by atoms with Crippen molar-refractivity contribution in [3.8, 4) is 0 Å². The summed E-state index contributed by atoms with van der Waals surface area (Å²) in [7, 11) is 0. The van der Waals surface area contributed by atoms with Gasteiger partial charge in [-0.3, -0.25) is 9.59 Å². The standard InChI is InChI=1S/C27H48O4/c1-7-8-9-10-11-12-21-19(3)16-27(5,6)24(20(21)4)17-31-26(30)22-14-13-18(2)15-23(22)25(28)29/h18-24H,7-17H2,1-6H3,(H,28,29). The number of carbonyl (C=O) groups is 2. The summed E-state index contributed by atoms with van der Waals surface area (Å²) in [4.78, 5) is 24.6. The minimum Gasteiger partial charge on any atom is -0.481 e. The molecule has 0 aliphatic heterocycles. The highest BCUT2D eigenvalue weighted by molar-refractivity contribution is 5.81. The number of ether oxygens (including phenoxy) is 1. The van der Waals surface area contributed by atoms with Crippen molar-refractivity contribution < 1.29 is 19.4 Å². The summed E-state index contributed by atoms with van der Waals surface area (Å²) in [5, 5.41) is 9.61. The van der Waals surface area contributed by atoms with E-state index in [-0.39, 0.29) is 11.4 Å². The fraction of sp³-hybridized carbons (Fsp3) is 0.926. The number of hydrogen-bond acceptors (Lipinski definition) is 3. The average molecular weight is 437 g/mol. The van der Waals surface area contributed by atoms with E-state index >= 15 is 0 Å². The van der Waals surface area contributed by atoms with Gasteiger partial charge in [-0.2, -0.15) is 0 Å². The van der Waals surface area contributed by atoms with Gasteiger partial charge in [-0.1, -0.05) is 73.6 Å². The Labute approximate surface area is 190 Å². The normalized spacial score (nSPS) is 35.5. The Morgan fingerprint density at radius 1 is 1.00 bits per heavy atom. The molecular formula is C27H48O4. The lowest BCUT2D eigenvalue weighted by Gasteiger charge is -2.50. The number of aliphatic carboxylic acids is 1. The molecule has 0 amide bonds. The highest BCUT2D eigenvalue weighted by atomic mass is 16.5. The monoisotopic (exact) mass is 436 g/mol. The third kappa shape index (κ3) is 6.96. The first-order valence-electron chi connectivity index (χ1n) is 13.0. The second-order valence-corrected chi connectivity index (χ2v) is 11.6. The van der Waals surface area contributed by atoms with Gasteiger partial charge in [0.05, 0.1) is 18.4 Å². The van der Waals surface area contributed by atoms with Crippen LogP contribution in [0.25, 0.3) is 0 Å². The lowest BCUT2D eigenvalue weighted by Crippen LogP contribution is -2.46. The van der Waals surface area contributed by atoms with Gasteiger partial charge >= 0.3 is 11.9 Å². The van der Waals surface area contributed by atoms with Crippen molar-refractivity contribution in [3.05, 3.63) is 0 Å². The minimum absolute atomic E-state index is 0.130. The molecule has 2 aliphatic carbocycles. The van der Waals surface area contributed by atoms with Crippen LogP contribution in [0.15, 0.2) is 0 Å². The van der Waals surface area contributed by atoms with Crippen molar-refractivity contribution in [2.45, 2.75) is 106 Å². The van der Waals surface area contributed by atoms with E-state index in [4.69, 9.17) is 4.74 Å². The molecule has 7 unspecified atom stereocenters. The Morgan fingerprint density at radius 3 is 2.32 bits per heavy atom. The smallest absolute Gasteiger partial charge is 0.309 e. The molecule has 7 atom stereocenters. The van der Waals surface area contributed by atoms with Crippen molar-refractivity contribution in [1.29, 1.82) is 0 Å². The Bertz CT molecular complexity index is 584. The molecule has 4 heteroatoms. The van der Waals surface area contributed by atoms with Crippen molar-refractivity contribution >= 4 is 11.9 Å². The average Bonchev–Trinajstić information content (AvgIpc) is 2.68. The van der Waals surface area contributed by atoms with Crippen LogP contribution in [0.2, 0.25) is 0 Å². The molecule has 2 aliphatic rings. The quantitative estimate of drug-likeness (QED) is 0.297. The first-order valence-corrected chi connectivity index (χ1v) is 13.0. The maximum atomic E-state index is 12.9. The van der Waals surface area contributed by atoms with Crippen LogP contribution in [0.3, 0.4) is 0 Å². The lowest BCUT2D eigenvalue weighted by molar-refractivity contribution is -0.164. The fourth-order valence-corrected chi connectivity index (χ4v) is 6.78. The van der Waals surface area contributed by atoms with Gasteiger partial charge < -0.3 is 9.84 Å². The zero-order valence-electron chi connectivity index (χ0n) is 21.0. The maximum Gasteiger partial charge on any atom is 0.309 e. The summed E-state index contributed by atoms with van der Waals surface area (Å²) in [5.74, 6) is 0.377. The summed E-state index contributed by atoms with van der Waals surface area (Å²) in [5.41, 5.74) is 0.130. The number of carboxylic acids is 1. The summed E-state index contributed by atoms with van der Waals surface area (Å²) in [6.45, 7) is 14.2. The minimum atomic E-state index is -0.850. The molecule has 0 saturated heterocycles. The molecule has 2 fully saturated rings. The molecule has 0 spiro atoms. The van der Waals surface area contributed by atoms with E-state index < -0.39 is 17.8 Å². The Balaban J connectivity index is 1.97. The number of carbonyl (C=O) groups excluding carboxylic acids is 1. The summed E-state index contributed by atoms with van der Waals surface area (Å²) in [6.07, 6.45) is 11.1. The van der Waals surface area contributed by atoms with Gasteiger partial charge in [0.15, 0.2) is 0 Å². The molecule has 0 aromatic carbocycles. The number of hydrogen-bond donors (Lipinski definition) is 1.